The van der Waals surface area contributed by atoms with Gasteiger partial charge in [0.2, 0.25) is 0 Å². The zero-order chi connectivity index (χ0) is 13.0. The first-order valence-corrected chi connectivity index (χ1v) is 6.73. The van der Waals surface area contributed by atoms with E-state index in [4.69, 9.17) is 16.9 Å². The maximum atomic E-state index is 10.0. The number of hydrogen-bond acceptors (Lipinski definition) is 3. The van der Waals surface area contributed by atoms with Crippen molar-refractivity contribution in [1.29, 1.82) is 5.26 Å². The van der Waals surface area contributed by atoms with Gasteiger partial charge in [-0.05, 0) is 31.0 Å². The number of nitrogens with one attached hydrogen (secondary N) is 1. The number of aliphatic hydroxyl groups excluding tert-OH is 1. The fraction of sp³-hybridized carbons (Fsp3) is 0.500. The molecule has 2 rings (SSSR count). The molecule has 1 aromatic rings. The first-order chi connectivity index (χ1) is 8.70. The molecule has 1 saturated carbocycles. The molecule has 0 bridgehead atoms. The summed E-state index contributed by atoms with van der Waals surface area (Å²) in [5.74, 6) is 0. The molecule has 96 valence electrons. The molecule has 2 N–H and O–H groups in total. The molecular weight excluding hydrogens is 248 g/mol. The highest BCUT2D eigenvalue weighted by Gasteiger charge is 2.21. The molecule has 3 nitrogen and oxygen atoms in total. The van der Waals surface area contributed by atoms with Crippen LogP contribution in [0.2, 0.25) is 5.02 Å². The molecule has 2 atom stereocenters. The second kappa shape index (κ2) is 6.08. The first-order valence-electron chi connectivity index (χ1n) is 6.35. The van der Waals surface area contributed by atoms with Crippen molar-refractivity contribution in [3.05, 3.63) is 28.8 Å². The summed E-state index contributed by atoms with van der Waals surface area (Å²) in [6.07, 6.45) is 4.86. The predicted octanol–water partition coefficient (Wildman–Crippen LogP) is 3.32. The molecule has 0 spiro atoms. The van der Waals surface area contributed by atoms with Gasteiger partial charge in [-0.15, -0.1) is 0 Å². The van der Waals surface area contributed by atoms with Gasteiger partial charge in [0.05, 0.1) is 34.5 Å². The van der Waals surface area contributed by atoms with Crippen molar-refractivity contribution in [2.24, 2.45) is 0 Å². The van der Waals surface area contributed by atoms with Crippen LogP contribution in [-0.4, -0.2) is 17.3 Å². The van der Waals surface area contributed by atoms with E-state index in [-0.39, 0.29) is 12.1 Å². The molecule has 0 aromatic heterocycles. The maximum Gasteiger partial charge on any atom is 0.0992 e. The van der Waals surface area contributed by atoms with Gasteiger partial charge < -0.3 is 10.4 Å². The number of aliphatic hydroxyl groups is 1. The van der Waals surface area contributed by atoms with Crippen molar-refractivity contribution in [3.8, 4) is 6.07 Å². The fourth-order valence-corrected chi connectivity index (χ4v) is 2.59. The highest BCUT2D eigenvalue weighted by molar-refractivity contribution is 6.33. The Hall–Kier alpha value is -1.24. The molecule has 4 heteroatoms. The lowest BCUT2D eigenvalue weighted by Crippen LogP contribution is -2.32. The van der Waals surface area contributed by atoms with Crippen molar-refractivity contribution in [2.45, 2.75) is 44.2 Å². The number of nitriles is 1. The minimum Gasteiger partial charge on any atom is -0.391 e. The lowest BCUT2D eigenvalue weighted by Gasteiger charge is -2.23. The van der Waals surface area contributed by atoms with Crippen LogP contribution < -0.4 is 5.32 Å². The maximum absolute atomic E-state index is 10.0. The highest BCUT2D eigenvalue weighted by atomic mass is 35.5. The van der Waals surface area contributed by atoms with Crippen LogP contribution in [0.4, 0.5) is 5.69 Å². The first kappa shape index (κ1) is 13.2. The van der Waals surface area contributed by atoms with E-state index < -0.39 is 0 Å². The summed E-state index contributed by atoms with van der Waals surface area (Å²) in [6.45, 7) is 0. The van der Waals surface area contributed by atoms with E-state index in [0.717, 1.165) is 31.4 Å². The molecule has 2 unspecified atom stereocenters. The summed E-state index contributed by atoms with van der Waals surface area (Å²) in [5, 5.41) is 22.7. The molecule has 1 aliphatic carbocycles. The lowest BCUT2D eigenvalue weighted by atomic mass is 10.1. The zero-order valence-corrected chi connectivity index (χ0v) is 11.0. The molecule has 0 radical (unpaired) electrons. The van der Waals surface area contributed by atoms with Crippen molar-refractivity contribution < 1.29 is 5.11 Å². The van der Waals surface area contributed by atoms with E-state index in [1.54, 1.807) is 18.2 Å². The van der Waals surface area contributed by atoms with Crippen LogP contribution in [0, 0.1) is 11.3 Å². The van der Waals surface area contributed by atoms with Gasteiger partial charge in [0.1, 0.15) is 0 Å². The van der Waals surface area contributed by atoms with Crippen molar-refractivity contribution in [1.82, 2.24) is 0 Å². The topological polar surface area (TPSA) is 56.0 Å². The number of anilines is 1. The third-order valence-electron chi connectivity index (χ3n) is 3.42. The molecule has 0 aliphatic heterocycles. The van der Waals surface area contributed by atoms with E-state index in [9.17, 15) is 5.11 Å². The Morgan fingerprint density at radius 2 is 2.06 bits per heavy atom. The highest BCUT2D eigenvalue weighted by Crippen LogP contribution is 2.27. The van der Waals surface area contributed by atoms with Crippen LogP contribution >= 0.6 is 11.6 Å². The molecule has 1 aromatic carbocycles. The van der Waals surface area contributed by atoms with Gasteiger partial charge in [-0.25, -0.2) is 0 Å². The van der Waals surface area contributed by atoms with Crippen molar-refractivity contribution in [3.63, 3.8) is 0 Å². The standard InChI is InChI=1S/C14H17ClN2O/c15-11-8-10(9-16)6-7-12(11)17-13-4-2-1-3-5-14(13)18/h6-8,13-14,17-18H,1-5H2. The minimum atomic E-state index is -0.320. The van der Waals surface area contributed by atoms with Gasteiger partial charge in [-0.3, -0.25) is 0 Å². The Morgan fingerprint density at radius 1 is 1.28 bits per heavy atom. The van der Waals surface area contributed by atoms with E-state index >= 15 is 0 Å². The van der Waals surface area contributed by atoms with Crippen LogP contribution in [-0.2, 0) is 0 Å². The average Bonchev–Trinajstić information content (AvgIpc) is 2.57. The Bertz CT molecular complexity index is 456. The monoisotopic (exact) mass is 264 g/mol. The lowest BCUT2D eigenvalue weighted by molar-refractivity contribution is 0.144. The second-order valence-electron chi connectivity index (χ2n) is 4.76. The van der Waals surface area contributed by atoms with Gasteiger partial charge in [-0.2, -0.15) is 5.26 Å². The zero-order valence-electron chi connectivity index (χ0n) is 10.2. The summed E-state index contributed by atoms with van der Waals surface area (Å²) in [5.41, 5.74) is 1.34. The number of nitrogens with zero attached hydrogens (tertiary/aromatic N) is 1. The molecule has 0 saturated heterocycles. The third kappa shape index (κ3) is 3.16. The Kier molecular flexibility index (Phi) is 4.46. The van der Waals surface area contributed by atoms with Crippen molar-refractivity contribution in [2.75, 3.05) is 5.32 Å². The van der Waals surface area contributed by atoms with Crippen LogP contribution in [0.1, 0.15) is 37.7 Å². The van der Waals surface area contributed by atoms with Gasteiger partial charge in [0.25, 0.3) is 0 Å². The predicted molar refractivity (Wildman–Crippen MR) is 72.7 cm³/mol. The Morgan fingerprint density at radius 3 is 2.78 bits per heavy atom. The van der Waals surface area contributed by atoms with Crippen LogP contribution in [0.25, 0.3) is 0 Å². The van der Waals surface area contributed by atoms with E-state index in [1.807, 2.05) is 0 Å². The van der Waals surface area contributed by atoms with Gasteiger partial charge >= 0.3 is 0 Å². The number of rotatable bonds is 2. The summed E-state index contributed by atoms with van der Waals surface area (Å²) < 4.78 is 0. The van der Waals surface area contributed by atoms with Crippen LogP contribution in [0.3, 0.4) is 0 Å². The molecule has 1 aliphatic rings. The average molecular weight is 265 g/mol. The van der Waals surface area contributed by atoms with Crippen LogP contribution in [0.5, 0.6) is 0 Å². The smallest absolute Gasteiger partial charge is 0.0992 e. The molecule has 18 heavy (non-hydrogen) atoms. The quantitative estimate of drug-likeness (QED) is 0.806. The molecule has 1 fully saturated rings. The molecule has 0 amide bonds. The van der Waals surface area contributed by atoms with Crippen molar-refractivity contribution >= 4 is 17.3 Å². The summed E-state index contributed by atoms with van der Waals surface area (Å²) in [7, 11) is 0. The van der Waals surface area contributed by atoms with E-state index in [0.29, 0.717) is 10.6 Å². The van der Waals surface area contributed by atoms with Gasteiger partial charge in [0.15, 0.2) is 0 Å². The number of benzene rings is 1. The van der Waals surface area contributed by atoms with E-state index in [1.165, 1.54) is 6.42 Å². The normalized spacial score (nSPS) is 24.1. The number of halogens is 1. The SMILES string of the molecule is N#Cc1ccc(NC2CCCCCC2O)c(Cl)c1. The molecular formula is C14H17ClN2O. The minimum absolute atomic E-state index is 0.0536. The Balaban J connectivity index is 2.10. The van der Waals surface area contributed by atoms with Gasteiger partial charge in [0, 0.05) is 0 Å². The number of hydrogen-bond donors (Lipinski definition) is 2. The summed E-state index contributed by atoms with van der Waals surface area (Å²) >= 11 is 6.12. The fourth-order valence-electron chi connectivity index (χ4n) is 2.36. The largest absolute Gasteiger partial charge is 0.391 e. The van der Waals surface area contributed by atoms with E-state index in [2.05, 4.69) is 11.4 Å². The van der Waals surface area contributed by atoms with Gasteiger partial charge in [-0.1, -0.05) is 30.9 Å². The Labute approximate surface area is 112 Å². The summed E-state index contributed by atoms with van der Waals surface area (Å²) in [6, 6.07) is 7.29. The van der Waals surface area contributed by atoms with Crippen LogP contribution in [0.15, 0.2) is 18.2 Å². The second-order valence-corrected chi connectivity index (χ2v) is 5.17. The third-order valence-corrected chi connectivity index (χ3v) is 3.73. The molecule has 0 heterocycles. The summed E-state index contributed by atoms with van der Waals surface area (Å²) in [4.78, 5) is 0.